The highest BCUT2D eigenvalue weighted by Crippen LogP contribution is 2.31. The van der Waals surface area contributed by atoms with Gasteiger partial charge in [-0.3, -0.25) is 9.59 Å². The van der Waals surface area contributed by atoms with Crippen LogP contribution in [0, 0.1) is 11.3 Å². The highest BCUT2D eigenvalue weighted by Gasteiger charge is 2.40. The van der Waals surface area contributed by atoms with Gasteiger partial charge in [0.15, 0.2) is 11.6 Å². The Morgan fingerprint density at radius 1 is 1.21 bits per heavy atom. The number of aliphatic hydroxyl groups excluding tert-OH is 1. The summed E-state index contributed by atoms with van der Waals surface area (Å²) >= 11 is 0. The van der Waals surface area contributed by atoms with Gasteiger partial charge in [-0.1, -0.05) is 69.7 Å². The van der Waals surface area contributed by atoms with Crippen LogP contribution >= 0.6 is 0 Å². The number of allylic oxidation sites excluding steroid dienone is 2. The van der Waals surface area contributed by atoms with Crippen molar-refractivity contribution in [2.45, 2.75) is 78.6 Å². The number of esters is 1. The topological polar surface area (TPSA) is 122 Å². The predicted octanol–water partition coefficient (Wildman–Crippen LogP) is 3.91. The second-order valence-electron chi connectivity index (χ2n) is 11.5. The van der Waals surface area contributed by atoms with Gasteiger partial charge >= 0.3 is 5.97 Å². The summed E-state index contributed by atoms with van der Waals surface area (Å²) in [6.45, 7) is 14.4. The number of hydrogen-bond acceptors (Lipinski definition) is 7. The minimum atomic E-state index is -0.758. The maximum atomic E-state index is 13.3. The predicted molar refractivity (Wildman–Crippen MR) is 148 cm³/mol. The van der Waals surface area contributed by atoms with Crippen molar-refractivity contribution in [2.24, 2.45) is 11.3 Å². The van der Waals surface area contributed by atoms with Crippen LogP contribution in [0.2, 0.25) is 0 Å². The molecule has 0 aliphatic carbocycles. The number of hydrogen-bond donors (Lipinski definition) is 2. The molecule has 3 heterocycles. The molecule has 4 atom stereocenters. The zero-order valence-electron chi connectivity index (χ0n) is 23.6. The lowest BCUT2D eigenvalue weighted by molar-refractivity contribution is -0.162. The fourth-order valence-corrected chi connectivity index (χ4v) is 4.97. The van der Waals surface area contributed by atoms with Gasteiger partial charge < -0.3 is 24.5 Å². The Bertz CT molecular complexity index is 1160. The Balaban J connectivity index is 1.88. The number of amides is 2. The molecule has 0 radical (unpaired) electrons. The van der Waals surface area contributed by atoms with Gasteiger partial charge in [0.05, 0.1) is 6.10 Å². The normalized spacial score (nSPS) is 29.6. The summed E-state index contributed by atoms with van der Waals surface area (Å²) in [5, 5.41) is 13.2. The van der Waals surface area contributed by atoms with Gasteiger partial charge in [0.1, 0.15) is 18.4 Å². The lowest BCUT2D eigenvalue weighted by Gasteiger charge is -2.35. The third-order valence-corrected chi connectivity index (χ3v) is 6.81. The molecule has 1 fully saturated rings. The molecule has 2 N–H and O–H groups in total. The number of cyclic esters (lactones) is 1. The Labute approximate surface area is 230 Å². The summed E-state index contributed by atoms with van der Waals surface area (Å²) < 4.78 is 11.5. The van der Waals surface area contributed by atoms with Gasteiger partial charge in [0.25, 0.3) is 5.91 Å². The number of aromatic nitrogens is 1. The van der Waals surface area contributed by atoms with Crippen LogP contribution in [0.1, 0.15) is 70.3 Å². The van der Waals surface area contributed by atoms with Crippen molar-refractivity contribution in [3.63, 3.8) is 0 Å². The van der Waals surface area contributed by atoms with E-state index in [4.69, 9.17) is 9.15 Å². The summed E-state index contributed by atoms with van der Waals surface area (Å²) in [5.41, 5.74) is 1.24. The van der Waals surface area contributed by atoms with Crippen molar-refractivity contribution < 1.29 is 28.6 Å². The quantitative estimate of drug-likeness (QED) is 0.379. The first kappa shape index (κ1) is 30.1. The lowest BCUT2D eigenvalue weighted by atomic mass is 9.81. The van der Waals surface area contributed by atoms with Gasteiger partial charge in [-0.15, -0.1) is 0 Å². The summed E-state index contributed by atoms with van der Waals surface area (Å²) in [4.78, 5) is 44.8. The van der Waals surface area contributed by atoms with Crippen LogP contribution in [0.3, 0.4) is 0 Å². The molecule has 1 saturated heterocycles. The Hall–Kier alpha value is -3.46. The van der Waals surface area contributed by atoms with Gasteiger partial charge in [0.2, 0.25) is 5.91 Å². The molecule has 2 bridgehead atoms. The first-order valence-electron chi connectivity index (χ1n) is 13.5. The first-order valence-corrected chi connectivity index (χ1v) is 13.5. The smallest absolute Gasteiger partial charge is 0.329 e. The van der Waals surface area contributed by atoms with E-state index in [1.54, 1.807) is 18.2 Å². The number of fused-ring (bicyclic) bond motifs is 3. The Kier molecular flexibility index (Phi) is 10.1. The SMILES string of the molecule is C=C1Cc2nc(co2)C(=O)N2CCCC2C(=O)OC(C(C)(C)C)C(C)/C=C/C(=O)NC/C=C/C(C)=C/C(O)C1. The summed E-state index contributed by atoms with van der Waals surface area (Å²) in [6.07, 6.45) is 10.3. The van der Waals surface area contributed by atoms with E-state index >= 15 is 0 Å². The summed E-state index contributed by atoms with van der Waals surface area (Å²) in [6, 6.07) is -0.726. The second kappa shape index (κ2) is 13.1. The highest BCUT2D eigenvalue weighted by molar-refractivity contribution is 5.95. The zero-order valence-corrected chi connectivity index (χ0v) is 23.6. The molecular weight excluding hydrogens is 498 g/mol. The molecule has 0 aromatic carbocycles. The number of aliphatic hydroxyl groups is 1. The van der Waals surface area contributed by atoms with Crippen molar-refractivity contribution in [1.82, 2.24) is 15.2 Å². The van der Waals surface area contributed by atoms with E-state index in [-0.39, 0.29) is 23.9 Å². The number of rotatable bonds is 0. The molecular formula is C30H41N3O6. The van der Waals surface area contributed by atoms with Crippen molar-refractivity contribution >= 4 is 17.8 Å². The van der Waals surface area contributed by atoms with E-state index in [0.29, 0.717) is 43.8 Å². The largest absolute Gasteiger partial charge is 0.460 e. The molecule has 9 nitrogen and oxygen atoms in total. The molecule has 212 valence electrons. The average molecular weight is 540 g/mol. The zero-order chi connectivity index (χ0) is 28.7. The van der Waals surface area contributed by atoms with Gasteiger partial charge in [0, 0.05) is 25.4 Å². The van der Waals surface area contributed by atoms with E-state index in [1.165, 1.54) is 17.2 Å². The van der Waals surface area contributed by atoms with Crippen molar-refractivity contribution in [2.75, 3.05) is 13.1 Å². The molecule has 9 heteroatoms. The second-order valence-corrected chi connectivity index (χ2v) is 11.5. The van der Waals surface area contributed by atoms with E-state index in [1.807, 2.05) is 40.7 Å². The molecule has 3 rings (SSSR count). The van der Waals surface area contributed by atoms with Crippen LogP contribution in [-0.2, 0) is 20.7 Å². The molecule has 0 saturated carbocycles. The van der Waals surface area contributed by atoms with Crippen molar-refractivity contribution in [3.05, 3.63) is 66.0 Å². The molecule has 2 aliphatic heterocycles. The maximum absolute atomic E-state index is 13.3. The molecule has 2 amide bonds. The van der Waals surface area contributed by atoms with Crippen molar-refractivity contribution in [3.8, 4) is 0 Å². The third kappa shape index (κ3) is 8.51. The van der Waals surface area contributed by atoms with E-state index < -0.39 is 35.5 Å². The molecule has 39 heavy (non-hydrogen) atoms. The standard InChI is InChI=1S/C30H41N3O6/c1-19-9-7-13-31-25(35)12-11-21(3)27(30(4,5)6)39-29(37)24-10-8-14-33(24)28(36)23-18-38-26(32-23)17-20(2)16-22(34)15-19/h7,9,11-12,15,18,21-22,24,27,34H,2,8,10,13-14,16-17H2,1,3-6H3,(H,31,35)/b9-7+,12-11+,19-15+. The van der Waals surface area contributed by atoms with Crippen LogP contribution in [0.25, 0.3) is 0 Å². The monoisotopic (exact) mass is 539 g/mol. The molecule has 1 aromatic heterocycles. The number of nitrogens with zero attached hydrogens (tertiary/aromatic N) is 2. The lowest BCUT2D eigenvalue weighted by Crippen LogP contribution is -2.45. The Morgan fingerprint density at radius 2 is 1.95 bits per heavy atom. The van der Waals surface area contributed by atoms with Gasteiger partial charge in [-0.05, 0) is 37.7 Å². The van der Waals surface area contributed by atoms with Crippen LogP contribution in [0.15, 0.2) is 58.8 Å². The van der Waals surface area contributed by atoms with E-state index in [9.17, 15) is 19.5 Å². The number of nitrogens with one attached hydrogen (secondary N) is 1. The fraction of sp³-hybridized carbons (Fsp3) is 0.533. The van der Waals surface area contributed by atoms with Crippen LogP contribution in [-0.4, -0.2) is 64.1 Å². The molecule has 2 aliphatic rings. The number of ether oxygens (including phenoxy) is 1. The van der Waals surface area contributed by atoms with E-state index in [0.717, 1.165) is 5.57 Å². The van der Waals surface area contributed by atoms with Crippen LogP contribution < -0.4 is 5.32 Å². The maximum Gasteiger partial charge on any atom is 0.329 e. The summed E-state index contributed by atoms with van der Waals surface area (Å²) in [7, 11) is 0. The number of oxazole rings is 1. The number of carbonyl (C=O) groups excluding carboxylic acids is 3. The minimum Gasteiger partial charge on any atom is -0.460 e. The van der Waals surface area contributed by atoms with E-state index in [2.05, 4.69) is 16.9 Å². The van der Waals surface area contributed by atoms with Crippen molar-refractivity contribution in [1.29, 1.82) is 0 Å². The molecule has 4 unspecified atom stereocenters. The van der Waals surface area contributed by atoms with Gasteiger partial charge in [-0.25, -0.2) is 9.78 Å². The molecule has 0 spiro atoms. The highest BCUT2D eigenvalue weighted by atomic mass is 16.5. The van der Waals surface area contributed by atoms with Crippen LogP contribution in [0.5, 0.6) is 0 Å². The molecule has 1 aromatic rings. The third-order valence-electron chi connectivity index (χ3n) is 6.81. The first-order chi connectivity index (χ1) is 18.3. The Morgan fingerprint density at radius 3 is 2.67 bits per heavy atom. The average Bonchev–Trinajstić information content (AvgIpc) is 3.51. The van der Waals surface area contributed by atoms with Crippen LogP contribution in [0.4, 0.5) is 0 Å². The summed E-state index contributed by atoms with van der Waals surface area (Å²) in [5.74, 6) is -1.06. The number of carbonyl (C=O) groups is 3. The fourth-order valence-electron chi connectivity index (χ4n) is 4.97. The minimum absolute atomic E-state index is 0.118. The van der Waals surface area contributed by atoms with Gasteiger partial charge in [-0.2, -0.15) is 0 Å².